The van der Waals surface area contributed by atoms with Gasteiger partial charge in [0, 0.05) is 22.9 Å². The number of thioether (sulfide) groups is 1. The van der Waals surface area contributed by atoms with E-state index >= 15 is 0 Å². The number of amidine groups is 1. The van der Waals surface area contributed by atoms with Gasteiger partial charge >= 0.3 is 6.18 Å². The van der Waals surface area contributed by atoms with E-state index in [0.29, 0.717) is 9.50 Å². The van der Waals surface area contributed by atoms with Gasteiger partial charge in [-0.2, -0.15) is 18.4 Å². The Kier molecular flexibility index (Phi) is 6.59. The van der Waals surface area contributed by atoms with Crippen molar-refractivity contribution in [2.24, 2.45) is 10.7 Å². The van der Waals surface area contributed by atoms with Crippen molar-refractivity contribution in [1.29, 1.82) is 5.26 Å². The molecule has 152 valence electrons. The summed E-state index contributed by atoms with van der Waals surface area (Å²) in [7, 11) is 0. The highest BCUT2D eigenvalue weighted by molar-refractivity contribution is 9.10. The van der Waals surface area contributed by atoms with Crippen LogP contribution in [0.1, 0.15) is 11.1 Å². The smallest absolute Gasteiger partial charge is 0.417 e. The van der Waals surface area contributed by atoms with Crippen molar-refractivity contribution in [2.75, 3.05) is 0 Å². The first-order valence-electron chi connectivity index (χ1n) is 8.14. The minimum Gasteiger partial charge on any atom is -0.453 e. The van der Waals surface area contributed by atoms with E-state index in [1.807, 2.05) is 0 Å². The molecule has 2 N–H and O–H groups in total. The van der Waals surface area contributed by atoms with Crippen LogP contribution in [-0.2, 0) is 6.18 Å². The summed E-state index contributed by atoms with van der Waals surface area (Å²) in [5.74, 6) is 0.0115. The second kappa shape index (κ2) is 9.15. The quantitative estimate of drug-likeness (QED) is 0.286. The number of aromatic nitrogens is 2. The molecule has 2 heterocycles. The van der Waals surface area contributed by atoms with Crippen LogP contribution in [0.4, 0.5) is 19.0 Å². The molecule has 30 heavy (non-hydrogen) atoms. The minimum atomic E-state index is -4.70. The highest BCUT2D eigenvalue weighted by atomic mass is 79.9. The second-order valence-corrected chi connectivity index (χ2v) is 7.57. The summed E-state index contributed by atoms with van der Waals surface area (Å²) >= 11 is 4.33. The van der Waals surface area contributed by atoms with Gasteiger partial charge < -0.3 is 10.5 Å². The standard InChI is InChI=1S/C19H11BrF3N5OS/c20-12-7-15(29-13-5-4-11(9-24)14(8-13)19(21,22)23)17(27-10-12)28-18(25)30-16-3-1-2-6-26-16/h1-8,10H,(H2,25,27,28). The summed E-state index contributed by atoms with van der Waals surface area (Å²) in [6, 6.07) is 11.4. The fourth-order valence-electron chi connectivity index (χ4n) is 2.26. The maximum absolute atomic E-state index is 13.2. The normalized spacial score (nSPS) is 11.8. The molecule has 2 aromatic heterocycles. The number of aliphatic imine (C=N–C) groups is 1. The topological polar surface area (TPSA) is 97.2 Å². The molecule has 3 rings (SSSR count). The highest BCUT2D eigenvalue weighted by Crippen LogP contribution is 2.37. The zero-order valence-electron chi connectivity index (χ0n) is 14.9. The molecule has 0 aliphatic heterocycles. The average Bonchev–Trinajstić information content (AvgIpc) is 2.70. The van der Waals surface area contributed by atoms with Gasteiger partial charge in [0.25, 0.3) is 0 Å². The number of hydrogen-bond acceptors (Lipinski definition) is 6. The number of rotatable bonds is 4. The van der Waals surface area contributed by atoms with E-state index in [9.17, 15) is 13.2 Å². The molecule has 0 atom stereocenters. The number of alkyl halides is 3. The molecule has 0 unspecified atom stereocenters. The number of pyridine rings is 2. The summed E-state index contributed by atoms with van der Waals surface area (Å²) in [6.07, 6.45) is -1.65. The zero-order chi connectivity index (χ0) is 21.7. The first-order chi connectivity index (χ1) is 14.3. The number of nitriles is 1. The van der Waals surface area contributed by atoms with E-state index in [2.05, 4.69) is 30.9 Å². The first-order valence-corrected chi connectivity index (χ1v) is 9.75. The average molecular weight is 494 g/mol. The Morgan fingerprint density at radius 2 is 2.00 bits per heavy atom. The van der Waals surface area contributed by atoms with Gasteiger partial charge in [0.2, 0.25) is 0 Å². The molecule has 0 bridgehead atoms. The van der Waals surface area contributed by atoms with Gasteiger partial charge in [-0.25, -0.2) is 15.0 Å². The molecular weight excluding hydrogens is 483 g/mol. The van der Waals surface area contributed by atoms with Crippen LogP contribution < -0.4 is 10.5 Å². The lowest BCUT2D eigenvalue weighted by Crippen LogP contribution is -2.08. The van der Waals surface area contributed by atoms with Gasteiger partial charge in [-0.15, -0.1) is 0 Å². The first kappa shape index (κ1) is 21.6. The number of hydrogen-bond donors (Lipinski definition) is 1. The van der Waals surface area contributed by atoms with Crippen molar-refractivity contribution < 1.29 is 17.9 Å². The third-order valence-corrected chi connectivity index (χ3v) is 4.69. The third-order valence-electron chi connectivity index (χ3n) is 3.51. The fourth-order valence-corrected chi connectivity index (χ4v) is 3.18. The predicted molar refractivity (Wildman–Crippen MR) is 110 cm³/mol. The maximum Gasteiger partial charge on any atom is 0.417 e. The van der Waals surface area contributed by atoms with Crippen molar-refractivity contribution in [1.82, 2.24) is 9.97 Å². The van der Waals surface area contributed by atoms with Gasteiger partial charge in [-0.05, 0) is 58.0 Å². The Labute approximate surface area is 181 Å². The molecule has 0 spiro atoms. The Morgan fingerprint density at radius 3 is 2.67 bits per heavy atom. The van der Waals surface area contributed by atoms with Gasteiger partial charge in [0.15, 0.2) is 16.7 Å². The van der Waals surface area contributed by atoms with Gasteiger partial charge in [0.05, 0.1) is 17.2 Å². The molecule has 3 aromatic rings. The van der Waals surface area contributed by atoms with E-state index in [0.717, 1.165) is 23.9 Å². The molecular formula is C19H11BrF3N5OS. The van der Waals surface area contributed by atoms with E-state index in [4.69, 9.17) is 15.7 Å². The molecule has 0 radical (unpaired) electrons. The van der Waals surface area contributed by atoms with Crippen molar-refractivity contribution in [3.8, 4) is 17.6 Å². The Bertz CT molecular complexity index is 1130. The lowest BCUT2D eigenvalue weighted by Gasteiger charge is -2.13. The maximum atomic E-state index is 13.2. The van der Waals surface area contributed by atoms with E-state index in [1.54, 1.807) is 24.4 Å². The largest absolute Gasteiger partial charge is 0.453 e. The van der Waals surface area contributed by atoms with Crippen molar-refractivity contribution in [2.45, 2.75) is 11.2 Å². The number of nitrogens with zero attached hydrogens (tertiary/aromatic N) is 4. The lowest BCUT2D eigenvalue weighted by molar-refractivity contribution is -0.137. The predicted octanol–water partition coefficient (Wildman–Crippen LogP) is 5.66. The number of ether oxygens (including phenoxy) is 1. The number of halogens is 4. The number of nitrogens with two attached hydrogens (primary N) is 1. The molecule has 6 nitrogen and oxygen atoms in total. The van der Waals surface area contributed by atoms with Crippen molar-refractivity contribution in [3.63, 3.8) is 0 Å². The molecule has 0 aliphatic rings. The Morgan fingerprint density at radius 1 is 1.20 bits per heavy atom. The van der Waals surface area contributed by atoms with Crippen LogP contribution in [0.2, 0.25) is 0 Å². The Hall–Kier alpha value is -3.10. The lowest BCUT2D eigenvalue weighted by atomic mass is 10.1. The SMILES string of the molecule is N#Cc1ccc(Oc2cc(Br)cnc2/N=C(/N)Sc2ccccn2)cc1C(F)(F)F. The van der Waals surface area contributed by atoms with E-state index in [1.165, 1.54) is 24.4 Å². The monoisotopic (exact) mass is 493 g/mol. The minimum absolute atomic E-state index is 0.0667. The van der Waals surface area contributed by atoms with E-state index in [-0.39, 0.29) is 22.5 Å². The molecule has 0 fully saturated rings. The molecule has 0 saturated heterocycles. The van der Waals surface area contributed by atoms with Crippen LogP contribution in [0.25, 0.3) is 0 Å². The van der Waals surface area contributed by atoms with Gasteiger partial charge in [0.1, 0.15) is 10.8 Å². The van der Waals surface area contributed by atoms with Crippen LogP contribution in [0, 0.1) is 11.3 Å². The summed E-state index contributed by atoms with van der Waals surface area (Å²) in [4.78, 5) is 12.4. The van der Waals surface area contributed by atoms with Crippen LogP contribution >= 0.6 is 27.7 Å². The summed E-state index contributed by atoms with van der Waals surface area (Å²) in [5.41, 5.74) is 4.34. The molecule has 0 aliphatic carbocycles. The molecule has 0 saturated carbocycles. The molecule has 1 aromatic carbocycles. The van der Waals surface area contributed by atoms with Gasteiger partial charge in [-0.1, -0.05) is 6.07 Å². The zero-order valence-corrected chi connectivity index (χ0v) is 17.3. The summed E-state index contributed by atoms with van der Waals surface area (Å²) < 4.78 is 45.7. The van der Waals surface area contributed by atoms with Crippen LogP contribution in [0.5, 0.6) is 11.5 Å². The van der Waals surface area contributed by atoms with Gasteiger partial charge in [-0.3, -0.25) is 0 Å². The third kappa shape index (κ3) is 5.49. The second-order valence-electron chi connectivity index (χ2n) is 5.61. The Balaban J connectivity index is 1.93. The van der Waals surface area contributed by atoms with Crippen LogP contribution in [0.3, 0.4) is 0 Å². The van der Waals surface area contributed by atoms with Crippen molar-refractivity contribution >= 4 is 38.7 Å². The number of benzene rings is 1. The van der Waals surface area contributed by atoms with E-state index < -0.39 is 17.3 Å². The highest BCUT2D eigenvalue weighted by Gasteiger charge is 2.34. The van der Waals surface area contributed by atoms with Crippen molar-refractivity contribution in [3.05, 3.63) is 70.5 Å². The summed E-state index contributed by atoms with van der Waals surface area (Å²) in [5, 5.41) is 9.64. The van der Waals surface area contributed by atoms with Crippen LogP contribution in [0.15, 0.2) is 69.3 Å². The fraction of sp³-hybridized carbons (Fsp3) is 0.0526. The molecule has 0 amide bonds. The summed E-state index contributed by atoms with van der Waals surface area (Å²) in [6.45, 7) is 0. The van der Waals surface area contributed by atoms with Crippen LogP contribution in [-0.4, -0.2) is 15.1 Å². The molecule has 11 heteroatoms.